The molecule has 1 saturated heterocycles. The van der Waals surface area contributed by atoms with Crippen molar-refractivity contribution >= 4 is 44.9 Å². The van der Waals surface area contributed by atoms with Crippen LogP contribution in [0.1, 0.15) is 18.4 Å². The molecule has 0 aliphatic carbocycles. The Bertz CT molecular complexity index is 546. The first kappa shape index (κ1) is 17.1. The van der Waals surface area contributed by atoms with Crippen molar-refractivity contribution < 1.29 is 8.78 Å². The van der Waals surface area contributed by atoms with Crippen LogP contribution in [0.2, 0.25) is 0 Å². The summed E-state index contributed by atoms with van der Waals surface area (Å²) in [5, 5.41) is 0. The van der Waals surface area contributed by atoms with Gasteiger partial charge >= 0.3 is 0 Å². The van der Waals surface area contributed by atoms with Crippen LogP contribution < -0.4 is 5.73 Å². The molecule has 0 atom stereocenters. The lowest BCUT2D eigenvalue weighted by molar-refractivity contribution is 0.207. The molecule has 0 saturated carbocycles. The van der Waals surface area contributed by atoms with Crippen LogP contribution in [0, 0.1) is 11.6 Å². The first-order chi connectivity index (χ1) is 9.89. The quantitative estimate of drug-likeness (QED) is 0.622. The molecule has 0 aromatic heterocycles. The molecule has 2 rings (SSSR count). The molecular formula is C14H17BrF2N2S2. The monoisotopic (exact) mass is 394 g/mol. The first-order valence-corrected chi connectivity index (χ1v) is 9.02. The van der Waals surface area contributed by atoms with Gasteiger partial charge in [-0.25, -0.2) is 8.78 Å². The summed E-state index contributed by atoms with van der Waals surface area (Å²) >= 11 is 9.93. The van der Waals surface area contributed by atoms with Crippen LogP contribution in [0.25, 0.3) is 0 Å². The number of likely N-dealkylation sites (tertiary alicyclic amines) is 1. The van der Waals surface area contributed by atoms with Crippen molar-refractivity contribution in [3.05, 3.63) is 33.8 Å². The Labute approximate surface area is 141 Å². The average Bonchev–Trinajstić information content (AvgIpc) is 2.48. The Morgan fingerprint density at radius 1 is 1.43 bits per heavy atom. The third kappa shape index (κ3) is 3.57. The second-order valence-corrected chi connectivity index (χ2v) is 7.64. The standard InChI is InChI=1S/C14H17BrF2N2S2/c1-21-14(13(18)20)4-6-19(7-5-14)8-9-11(16)3-2-10(15)12(9)17/h2-3H,4-8H2,1H3,(H2,18,20). The molecule has 1 aromatic carbocycles. The lowest BCUT2D eigenvalue weighted by Gasteiger charge is -2.40. The van der Waals surface area contributed by atoms with Crippen LogP contribution in [0.5, 0.6) is 0 Å². The van der Waals surface area contributed by atoms with E-state index in [-0.39, 0.29) is 21.3 Å². The molecule has 0 spiro atoms. The molecule has 116 valence electrons. The molecule has 1 fully saturated rings. The summed E-state index contributed by atoms with van der Waals surface area (Å²) in [7, 11) is 0. The van der Waals surface area contributed by atoms with Crippen LogP contribution in [-0.4, -0.2) is 34.0 Å². The highest BCUT2D eigenvalue weighted by Crippen LogP contribution is 2.35. The van der Waals surface area contributed by atoms with Crippen LogP contribution in [0.4, 0.5) is 8.78 Å². The highest BCUT2D eigenvalue weighted by molar-refractivity contribution is 9.10. The second-order valence-electron chi connectivity index (χ2n) is 5.16. The molecule has 0 unspecified atom stereocenters. The molecule has 7 heteroatoms. The number of nitrogens with two attached hydrogens (primary N) is 1. The van der Waals surface area contributed by atoms with Crippen molar-refractivity contribution in [1.82, 2.24) is 4.90 Å². The van der Waals surface area contributed by atoms with Gasteiger partial charge in [0.25, 0.3) is 0 Å². The Kier molecular flexibility index (Phi) is 5.62. The van der Waals surface area contributed by atoms with E-state index in [1.54, 1.807) is 11.8 Å². The molecule has 2 nitrogen and oxygen atoms in total. The minimum Gasteiger partial charge on any atom is -0.392 e. The fraction of sp³-hybridized carbons (Fsp3) is 0.500. The largest absolute Gasteiger partial charge is 0.392 e. The molecule has 1 aliphatic rings. The number of hydrogen-bond acceptors (Lipinski definition) is 3. The minimum absolute atomic E-state index is 0.108. The predicted octanol–water partition coefficient (Wildman–Crippen LogP) is 3.71. The van der Waals surface area contributed by atoms with Crippen LogP contribution in [0.15, 0.2) is 16.6 Å². The zero-order valence-electron chi connectivity index (χ0n) is 11.7. The fourth-order valence-corrected chi connectivity index (χ4v) is 4.18. The molecular weight excluding hydrogens is 378 g/mol. The van der Waals surface area contributed by atoms with E-state index in [2.05, 4.69) is 15.9 Å². The van der Waals surface area contributed by atoms with Gasteiger partial charge in [-0.1, -0.05) is 12.2 Å². The Balaban J connectivity index is 2.08. The maximum atomic E-state index is 14.0. The lowest BCUT2D eigenvalue weighted by atomic mass is 9.95. The smallest absolute Gasteiger partial charge is 0.144 e. The molecule has 21 heavy (non-hydrogen) atoms. The van der Waals surface area contributed by atoms with E-state index >= 15 is 0 Å². The van der Waals surface area contributed by atoms with Crippen LogP contribution in [-0.2, 0) is 6.54 Å². The Hall–Kier alpha value is -0.240. The Morgan fingerprint density at radius 2 is 2.05 bits per heavy atom. The third-order valence-corrected chi connectivity index (χ3v) is 6.57. The maximum absolute atomic E-state index is 14.0. The van der Waals surface area contributed by atoms with Crippen LogP contribution in [0.3, 0.4) is 0 Å². The average molecular weight is 395 g/mol. The van der Waals surface area contributed by atoms with Crippen molar-refractivity contribution in [3.63, 3.8) is 0 Å². The molecule has 2 N–H and O–H groups in total. The third-order valence-electron chi connectivity index (χ3n) is 4.02. The summed E-state index contributed by atoms with van der Waals surface area (Å²) in [5.74, 6) is -1.03. The number of rotatable bonds is 4. The fourth-order valence-electron chi connectivity index (χ4n) is 2.56. The number of thioether (sulfide) groups is 1. The van der Waals surface area contributed by atoms with Gasteiger partial charge in [0.15, 0.2) is 0 Å². The number of hydrogen-bond donors (Lipinski definition) is 1. The molecule has 0 radical (unpaired) electrons. The van der Waals surface area contributed by atoms with Gasteiger partial charge in [-0.2, -0.15) is 11.8 Å². The van der Waals surface area contributed by atoms with E-state index in [9.17, 15) is 8.78 Å². The summed E-state index contributed by atoms with van der Waals surface area (Å²) in [6.45, 7) is 1.71. The van der Waals surface area contributed by atoms with E-state index in [4.69, 9.17) is 18.0 Å². The van der Waals surface area contributed by atoms with Crippen molar-refractivity contribution in [2.24, 2.45) is 5.73 Å². The summed E-state index contributed by atoms with van der Waals surface area (Å²) in [6, 6.07) is 2.67. The van der Waals surface area contributed by atoms with Crippen molar-refractivity contribution in [2.45, 2.75) is 24.1 Å². The normalized spacial score (nSPS) is 18.7. The van der Waals surface area contributed by atoms with Gasteiger partial charge in [-0.05, 0) is 47.2 Å². The molecule has 1 aliphatic heterocycles. The number of halogens is 3. The number of nitrogens with zero attached hydrogens (tertiary/aromatic N) is 1. The second kappa shape index (κ2) is 6.89. The zero-order valence-corrected chi connectivity index (χ0v) is 14.9. The van der Waals surface area contributed by atoms with Gasteiger partial charge in [0.05, 0.1) is 14.2 Å². The van der Waals surface area contributed by atoms with E-state index in [1.807, 2.05) is 11.2 Å². The van der Waals surface area contributed by atoms with Crippen molar-refractivity contribution in [3.8, 4) is 0 Å². The summed E-state index contributed by atoms with van der Waals surface area (Å²) in [5.41, 5.74) is 5.95. The molecule has 0 amide bonds. The van der Waals surface area contributed by atoms with Gasteiger partial charge in [0.2, 0.25) is 0 Å². The minimum atomic E-state index is -0.522. The van der Waals surface area contributed by atoms with Gasteiger partial charge in [0, 0.05) is 25.2 Å². The van der Waals surface area contributed by atoms with Gasteiger partial charge in [0.1, 0.15) is 11.6 Å². The van der Waals surface area contributed by atoms with E-state index in [1.165, 1.54) is 12.1 Å². The van der Waals surface area contributed by atoms with E-state index < -0.39 is 11.6 Å². The highest BCUT2D eigenvalue weighted by atomic mass is 79.9. The predicted molar refractivity (Wildman–Crippen MR) is 91.6 cm³/mol. The van der Waals surface area contributed by atoms with Crippen LogP contribution >= 0.6 is 39.9 Å². The summed E-state index contributed by atoms with van der Waals surface area (Å²) in [4.78, 5) is 2.56. The molecule has 1 aromatic rings. The first-order valence-electron chi connectivity index (χ1n) is 6.59. The number of benzene rings is 1. The number of thiocarbonyl (C=S) groups is 1. The summed E-state index contributed by atoms with van der Waals surface area (Å²) in [6.07, 6.45) is 3.62. The van der Waals surface area contributed by atoms with Crippen molar-refractivity contribution in [2.75, 3.05) is 19.3 Å². The van der Waals surface area contributed by atoms with E-state index in [0.717, 1.165) is 25.9 Å². The Morgan fingerprint density at radius 3 is 2.57 bits per heavy atom. The zero-order chi connectivity index (χ0) is 15.6. The van der Waals surface area contributed by atoms with Gasteiger partial charge < -0.3 is 5.73 Å². The number of piperidine rings is 1. The topological polar surface area (TPSA) is 29.3 Å². The van der Waals surface area contributed by atoms with Gasteiger partial charge in [-0.15, -0.1) is 0 Å². The maximum Gasteiger partial charge on any atom is 0.144 e. The lowest BCUT2D eigenvalue weighted by Crippen LogP contribution is -2.49. The SMILES string of the molecule is CSC1(C(N)=S)CCN(Cc2c(F)ccc(Br)c2F)CC1. The molecule has 1 heterocycles. The molecule has 0 bridgehead atoms. The van der Waals surface area contributed by atoms with Crippen molar-refractivity contribution in [1.29, 1.82) is 0 Å². The van der Waals surface area contributed by atoms with Gasteiger partial charge in [-0.3, -0.25) is 4.90 Å². The summed E-state index contributed by atoms with van der Waals surface area (Å²) < 4.78 is 27.9. The van der Waals surface area contributed by atoms with E-state index in [0.29, 0.717) is 4.99 Å². The highest BCUT2D eigenvalue weighted by Gasteiger charge is 2.36.